The number of ketones is 1. The van der Waals surface area contributed by atoms with Crippen LogP contribution in [0, 0.1) is 6.92 Å². The Bertz CT molecular complexity index is 920. The van der Waals surface area contributed by atoms with Crippen LogP contribution in [-0.2, 0) is 14.3 Å². The maximum atomic E-state index is 12.8. The molecule has 0 aromatic heterocycles. The summed E-state index contributed by atoms with van der Waals surface area (Å²) in [5, 5.41) is 11.0. The van der Waals surface area contributed by atoms with Crippen LogP contribution >= 0.6 is 0 Å². The van der Waals surface area contributed by atoms with E-state index in [0.717, 1.165) is 11.1 Å². The summed E-state index contributed by atoms with van der Waals surface area (Å²) in [5.41, 5.74) is 2.07. The van der Waals surface area contributed by atoms with Gasteiger partial charge in [0, 0.05) is 19.2 Å². The van der Waals surface area contributed by atoms with Gasteiger partial charge in [0.25, 0.3) is 11.7 Å². The molecule has 0 bridgehead atoms. The lowest BCUT2D eigenvalue weighted by atomic mass is 9.94. The molecule has 1 heterocycles. The van der Waals surface area contributed by atoms with Gasteiger partial charge in [-0.25, -0.2) is 0 Å². The Morgan fingerprint density at radius 2 is 1.82 bits per heavy atom. The fraction of sp³-hybridized carbons (Fsp3) is 0.273. The van der Waals surface area contributed by atoms with Crippen LogP contribution in [0.15, 0.2) is 54.1 Å². The van der Waals surface area contributed by atoms with Crippen molar-refractivity contribution in [3.05, 3.63) is 70.8 Å². The molecule has 0 saturated carbocycles. The van der Waals surface area contributed by atoms with Crippen molar-refractivity contribution in [1.82, 2.24) is 4.90 Å². The van der Waals surface area contributed by atoms with Gasteiger partial charge in [0.05, 0.1) is 25.3 Å². The molecule has 3 rings (SSSR count). The lowest BCUT2D eigenvalue weighted by Gasteiger charge is -2.25. The fourth-order valence-corrected chi connectivity index (χ4v) is 3.46. The average molecular weight is 381 g/mol. The molecule has 6 heteroatoms. The number of ether oxygens (including phenoxy) is 2. The van der Waals surface area contributed by atoms with E-state index in [1.54, 1.807) is 25.3 Å². The Hall–Kier alpha value is -3.12. The van der Waals surface area contributed by atoms with E-state index in [1.165, 1.54) is 12.0 Å². The van der Waals surface area contributed by atoms with E-state index in [4.69, 9.17) is 9.47 Å². The van der Waals surface area contributed by atoms with Crippen molar-refractivity contribution in [2.75, 3.05) is 27.4 Å². The van der Waals surface area contributed by atoms with Crippen LogP contribution in [0.5, 0.6) is 5.75 Å². The van der Waals surface area contributed by atoms with Gasteiger partial charge in [0.2, 0.25) is 0 Å². The average Bonchev–Trinajstić information content (AvgIpc) is 2.97. The number of hydrogen-bond acceptors (Lipinski definition) is 5. The number of aliphatic hydroxyl groups is 1. The van der Waals surface area contributed by atoms with Gasteiger partial charge in [0.15, 0.2) is 0 Å². The number of aryl methyl sites for hydroxylation is 1. The van der Waals surface area contributed by atoms with E-state index in [0.29, 0.717) is 11.3 Å². The third-order valence-electron chi connectivity index (χ3n) is 4.88. The molecule has 2 aromatic carbocycles. The van der Waals surface area contributed by atoms with Crippen molar-refractivity contribution in [3.63, 3.8) is 0 Å². The Kier molecular flexibility index (Phi) is 5.80. The molecule has 0 aliphatic carbocycles. The van der Waals surface area contributed by atoms with Crippen LogP contribution in [0.25, 0.3) is 5.76 Å². The molecule has 1 amide bonds. The fourth-order valence-electron chi connectivity index (χ4n) is 3.46. The molecular weight excluding hydrogens is 358 g/mol. The van der Waals surface area contributed by atoms with Gasteiger partial charge in [-0.2, -0.15) is 0 Å². The monoisotopic (exact) mass is 381 g/mol. The van der Waals surface area contributed by atoms with Gasteiger partial charge in [-0.15, -0.1) is 0 Å². The first-order valence-electron chi connectivity index (χ1n) is 8.97. The van der Waals surface area contributed by atoms with Crippen LogP contribution in [0.1, 0.15) is 22.7 Å². The molecule has 1 N–H and O–H groups in total. The molecule has 1 aliphatic rings. The summed E-state index contributed by atoms with van der Waals surface area (Å²) in [4.78, 5) is 27.0. The molecule has 1 saturated heterocycles. The second-order valence-corrected chi connectivity index (χ2v) is 6.58. The number of benzene rings is 2. The lowest BCUT2D eigenvalue weighted by Crippen LogP contribution is -2.32. The SMILES string of the molecule is COCCN1C(=O)C(=O)/C(=C(/O)c2ccc(OC)cc2C)C1c1ccccc1. The largest absolute Gasteiger partial charge is 0.507 e. The van der Waals surface area contributed by atoms with Crippen LogP contribution < -0.4 is 4.74 Å². The molecule has 2 aromatic rings. The number of methoxy groups -OCH3 is 2. The van der Waals surface area contributed by atoms with Gasteiger partial charge in [0.1, 0.15) is 11.5 Å². The number of amides is 1. The van der Waals surface area contributed by atoms with Gasteiger partial charge >= 0.3 is 0 Å². The molecule has 6 nitrogen and oxygen atoms in total. The van der Waals surface area contributed by atoms with Gasteiger partial charge in [-0.3, -0.25) is 9.59 Å². The molecular formula is C22H23NO5. The summed E-state index contributed by atoms with van der Waals surface area (Å²) in [5.74, 6) is -0.877. The van der Waals surface area contributed by atoms with Crippen LogP contribution in [0.2, 0.25) is 0 Å². The number of nitrogens with zero attached hydrogens (tertiary/aromatic N) is 1. The molecule has 1 unspecified atom stereocenters. The second kappa shape index (κ2) is 8.27. The van der Waals surface area contributed by atoms with Crippen molar-refractivity contribution in [3.8, 4) is 5.75 Å². The highest BCUT2D eigenvalue weighted by Gasteiger charge is 2.45. The third-order valence-corrected chi connectivity index (χ3v) is 4.88. The van der Waals surface area contributed by atoms with Crippen molar-refractivity contribution in [1.29, 1.82) is 0 Å². The van der Waals surface area contributed by atoms with Gasteiger partial charge in [-0.1, -0.05) is 30.3 Å². The number of Topliss-reactive ketones (excluding diaryl/α,β-unsaturated/α-hetero) is 1. The van der Waals surface area contributed by atoms with E-state index in [-0.39, 0.29) is 24.5 Å². The Balaban J connectivity index is 2.16. The van der Waals surface area contributed by atoms with Crippen molar-refractivity contribution in [2.45, 2.75) is 13.0 Å². The first-order valence-corrected chi connectivity index (χ1v) is 8.97. The van der Waals surface area contributed by atoms with Gasteiger partial charge in [-0.05, 0) is 36.2 Å². The van der Waals surface area contributed by atoms with Gasteiger partial charge < -0.3 is 19.5 Å². The second-order valence-electron chi connectivity index (χ2n) is 6.58. The van der Waals surface area contributed by atoms with E-state index in [2.05, 4.69) is 0 Å². The minimum atomic E-state index is -0.697. The molecule has 1 aliphatic heterocycles. The van der Waals surface area contributed by atoms with Crippen LogP contribution in [0.3, 0.4) is 0 Å². The highest BCUT2D eigenvalue weighted by molar-refractivity contribution is 6.46. The zero-order chi connectivity index (χ0) is 20.3. The summed E-state index contributed by atoms with van der Waals surface area (Å²) in [7, 11) is 3.10. The zero-order valence-corrected chi connectivity index (χ0v) is 16.1. The van der Waals surface area contributed by atoms with Crippen molar-refractivity contribution >= 4 is 17.4 Å². The summed E-state index contributed by atoms with van der Waals surface area (Å²) in [6, 6.07) is 13.7. The normalized spacial score (nSPS) is 18.5. The van der Waals surface area contributed by atoms with Crippen molar-refractivity contribution < 1.29 is 24.2 Å². The number of aliphatic hydroxyl groups excluding tert-OH is 1. The minimum absolute atomic E-state index is 0.0839. The highest BCUT2D eigenvalue weighted by atomic mass is 16.5. The summed E-state index contributed by atoms with van der Waals surface area (Å²) in [6.45, 7) is 2.35. The van der Waals surface area contributed by atoms with Crippen LogP contribution in [-0.4, -0.2) is 49.1 Å². The number of rotatable bonds is 6. The van der Waals surface area contributed by atoms with E-state index in [1.807, 2.05) is 37.3 Å². The number of carbonyl (C=O) groups is 2. The molecule has 28 heavy (non-hydrogen) atoms. The lowest BCUT2D eigenvalue weighted by molar-refractivity contribution is -0.140. The predicted molar refractivity (Wildman–Crippen MR) is 105 cm³/mol. The standard InChI is InChI=1S/C22H23NO5/c1-14-13-16(28-3)9-10-17(14)20(24)18-19(15-7-5-4-6-8-15)23(11-12-27-2)22(26)21(18)25/h4-10,13,19,24H,11-12H2,1-3H3/b20-18+. The maximum absolute atomic E-state index is 12.8. The Labute approximate surface area is 164 Å². The number of carbonyl (C=O) groups excluding carboxylic acids is 2. The third kappa shape index (κ3) is 3.51. The first-order chi connectivity index (χ1) is 13.5. The van der Waals surface area contributed by atoms with E-state index >= 15 is 0 Å². The van der Waals surface area contributed by atoms with Crippen molar-refractivity contribution in [2.24, 2.45) is 0 Å². The van der Waals surface area contributed by atoms with Crippen LogP contribution in [0.4, 0.5) is 0 Å². The van der Waals surface area contributed by atoms with E-state index < -0.39 is 17.7 Å². The Morgan fingerprint density at radius 1 is 1.11 bits per heavy atom. The minimum Gasteiger partial charge on any atom is -0.507 e. The molecule has 1 atom stereocenters. The highest BCUT2D eigenvalue weighted by Crippen LogP contribution is 2.39. The smallest absolute Gasteiger partial charge is 0.295 e. The summed E-state index contributed by atoms with van der Waals surface area (Å²) >= 11 is 0. The van der Waals surface area contributed by atoms with E-state index in [9.17, 15) is 14.7 Å². The molecule has 0 spiro atoms. The Morgan fingerprint density at radius 3 is 2.43 bits per heavy atom. The number of hydrogen-bond donors (Lipinski definition) is 1. The first kappa shape index (κ1) is 19.6. The topological polar surface area (TPSA) is 76.1 Å². The molecule has 1 fully saturated rings. The maximum Gasteiger partial charge on any atom is 0.295 e. The quantitative estimate of drug-likeness (QED) is 0.473. The summed E-state index contributed by atoms with van der Waals surface area (Å²) < 4.78 is 10.3. The molecule has 0 radical (unpaired) electrons. The predicted octanol–water partition coefficient (Wildman–Crippen LogP) is 3.07. The summed E-state index contributed by atoms with van der Waals surface area (Å²) in [6.07, 6.45) is 0. The molecule has 146 valence electrons. The zero-order valence-electron chi connectivity index (χ0n) is 16.1. The number of likely N-dealkylation sites (tertiary alicyclic amines) is 1.